The van der Waals surface area contributed by atoms with E-state index in [1.165, 1.54) is 25.2 Å². The summed E-state index contributed by atoms with van der Waals surface area (Å²) < 4.78 is 93.2. The van der Waals surface area contributed by atoms with Gasteiger partial charge in [0.15, 0.2) is 0 Å². The van der Waals surface area contributed by atoms with Gasteiger partial charge in [-0.2, -0.15) is 8.78 Å². The summed E-state index contributed by atoms with van der Waals surface area (Å²) in [7, 11) is 0. The summed E-state index contributed by atoms with van der Waals surface area (Å²) in [5.41, 5.74) is 3.87. The number of aliphatic hydroxyl groups is 1. The number of aryl methyl sites for hydroxylation is 1. The predicted octanol–water partition coefficient (Wildman–Crippen LogP) is 9.12. The standard InChI is InChI=1S/C53H65F5N6O7S/c1-30-23-38-37-13-9-10-14-41(37)61-44(38)45(64(30)28-52(7,8)56)43-39(54)25-36(26-40(43)55)70-20-12-11-19-69-21-22-71-53(57,58)50(68)62-47(51(4,5)6)49(67)63-27-35(65)24-42(63)48(66)60-31(2)33-15-17-34(18-16-33)46-32(3)59-29-72-46/h9-10,13-18,25-26,29-31,35,42,45,47,61,65H,11-12,19-24,27-28H2,1-8H3,(H,60,66)(H,62,68)/t30-,31?,35-,42+,45-,47?/m1/s1. The highest BCUT2D eigenvalue weighted by Crippen LogP contribution is 2.44. The zero-order valence-corrected chi connectivity index (χ0v) is 42.7. The SMILES string of the molecule is Cc1ncsc1-c1ccc(C(C)NC(=O)[C@@H]2C[C@@H](O)CN2C(=O)C(NC(=O)C(F)(F)OCCOCCCCOc2cc(F)c([C@@H]3c4[nH]c5ccccc5c4C[C@@H](C)N3CC(C)(C)F)c(F)c2)C(C)(C)C)cc1. The maximum absolute atomic E-state index is 16.0. The Morgan fingerprint density at radius 2 is 1.62 bits per heavy atom. The van der Waals surface area contributed by atoms with Crippen molar-refractivity contribution in [3.63, 3.8) is 0 Å². The number of carbonyl (C=O) groups excluding carboxylic acids is 3. The number of amides is 3. The van der Waals surface area contributed by atoms with Crippen LogP contribution in [0, 0.1) is 24.0 Å². The van der Waals surface area contributed by atoms with E-state index in [1.54, 1.807) is 38.1 Å². The number of fused-ring (bicyclic) bond motifs is 3. The molecule has 4 heterocycles. The summed E-state index contributed by atoms with van der Waals surface area (Å²) >= 11 is 1.52. The number of benzene rings is 3. The molecule has 2 aliphatic heterocycles. The van der Waals surface area contributed by atoms with Crippen LogP contribution in [0.5, 0.6) is 5.75 Å². The summed E-state index contributed by atoms with van der Waals surface area (Å²) in [5.74, 6) is -4.94. The number of rotatable bonds is 20. The smallest absolute Gasteiger partial charge is 0.436 e. The molecule has 0 saturated carbocycles. The molecule has 0 radical (unpaired) electrons. The van der Waals surface area contributed by atoms with Gasteiger partial charge in [0.1, 0.15) is 35.1 Å². The molecule has 0 spiro atoms. The van der Waals surface area contributed by atoms with Crippen LogP contribution in [0.25, 0.3) is 21.3 Å². The number of hydrogen-bond donors (Lipinski definition) is 4. The van der Waals surface area contributed by atoms with Crippen LogP contribution in [-0.4, -0.2) is 118 Å². The van der Waals surface area contributed by atoms with Crippen molar-refractivity contribution in [3.05, 3.63) is 106 Å². The Hall–Kier alpha value is -5.47. The lowest BCUT2D eigenvalue weighted by Crippen LogP contribution is -2.60. The van der Waals surface area contributed by atoms with E-state index in [4.69, 9.17) is 9.47 Å². The van der Waals surface area contributed by atoms with E-state index in [2.05, 4.69) is 25.3 Å². The van der Waals surface area contributed by atoms with Gasteiger partial charge in [-0.25, -0.2) is 18.2 Å². The van der Waals surface area contributed by atoms with Crippen molar-refractivity contribution in [2.45, 2.75) is 129 Å². The number of thiazole rings is 1. The van der Waals surface area contributed by atoms with Crippen molar-refractivity contribution in [2.24, 2.45) is 5.41 Å². The molecule has 0 aliphatic carbocycles. The highest BCUT2D eigenvalue weighted by atomic mass is 32.1. The average Bonchev–Trinajstić information content (AvgIpc) is 4.03. The molecule has 19 heteroatoms. The number of β-amino-alcohol motifs (C(OH)–C–C–N with tert-alkyl or cyclic N) is 1. The molecule has 390 valence electrons. The highest BCUT2D eigenvalue weighted by molar-refractivity contribution is 7.13. The van der Waals surface area contributed by atoms with Crippen LogP contribution < -0.4 is 15.4 Å². The van der Waals surface area contributed by atoms with Gasteiger partial charge in [0.25, 0.3) is 0 Å². The molecule has 2 aliphatic rings. The third kappa shape index (κ3) is 12.6. The normalized spacial score (nSPS) is 19.6. The fourth-order valence-corrected chi connectivity index (χ4v) is 10.3. The van der Waals surface area contributed by atoms with Crippen molar-refractivity contribution in [1.82, 2.24) is 30.4 Å². The van der Waals surface area contributed by atoms with Crippen molar-refractivity contribution in [3.8, 4) is 16.2 Å². The summed E-state index contributed by atoms with van der Waals surface area (Å²) in [6.45, 7) is 12.1. The van der Waals surface area contributed by atoms with Crippen LogP contribution in [0.15, 0.2) is 66.2 Å². The maximum atomic E-state index is 16.0. The van der Waals surface area contributed by atoms with Gasteiger partial charge in [-0.1, -0.05) is 63.2 Å². The number of hydrogen-bond acceptors (Lipinski definition) is 10. The van der Waals surface area contributed by atoms with Gasteiger partial charge in [0.2, 0.25) is 11.8 Å². The molecule has 4 N–H and O–H groups in total. The van der Waals surface area contributed by atoms with Gasteiger partial charge in [-0.3, -0.25) is 19.3 Å². The minimum Gasteiger partial charge on any atom is -0.493 e. The summed E-state index contributed by atoms with van der Waals surface area (Å²) in [4.78, 5) is 52.2. The Bertz CT molecular complexity index is 2680. The minimum absolute atomic E-state index is 0.0359. The monoisotopic (exact) mass is 1020 g/mol. The number of H-pyrrole nitrogens is 1. The topological polar surface area (TPSA) is 158 Å². The second kappa shape index (κ2) is 22.3. The Kier molecular flexibility index (Phi) is 16.8. The summed E-state index contributed by atoms with van der Waals surface area (Å²) in [6, 6.07) is 13.2. The number of ether oxygens (including phenoxy) is 3. The molecule has 5 aromatic rings. The fraction of sp³-hybridized carbons (Fsp3) is 0.509. The van der Waals surface area contributed by atoms with Crippen molar-refractivity contribution in [1.29, 1.82) is 0 Å². The van der Waals surface area contributed by atoms with Gasteiger partial charge in [-0.15, -0.1) is 11.3 Å². The van der Waals surface area contributed by atoms with Crippen molar-refractivity contribution >= 4 is 40.0 Å². The molecule has 3 amide bonds. The first-order valence-electron chi connectivity index (χ1n) is 24.3. The largest absolute Gasteiger partial charge is 0.493 e. The zero-order valence-electron chi connectivity index (χ0n) is 41.9. The number of nitrogens with one attached hydrogen (secondary N) is 3. The number of likely N-dealkylation sites (tertiary alicyclic amines) is 1. The Morgan fingerprint density at radius 3 is 2.28 bits per heavy atom. The van der Waals surface area contributed by atoms with E-state index in [1.807, 2.05) is 62.4 Å². The molecule has 3 aromatic carbocycles. The average molecular weight is 1030 g/mol. The number of halogens is 5. The van der Waals surface area contributed by atoms with E-state index in [-0.39, 0.29) is 56.7 Å². The number of nitrogens with zero attached hydrogens (tertiary/aromatic N) is 3. The number of aliphatic hydroxyl groups excluding tert-OH is 1. The first kappa shape index (κ1) is 54.3. The van der Waals surface area contributed by atoms with Crippen molar-refractivity contribution in [2.75, 3.05) is 39.5 Å². The Balaban J connectivity index is 0.862. The first-order chi connectivity index (χ1) is 33.9. The molecule has 1 fully saturated rings. The highest BCUT2D eigenvalue weighted by Gasteiger charge is 2.49. The summed E-state index contributed by atoms with van der Waals surface area (Å²) in [6.07, 6.45) is -4.18. The quantitative estimate of drug-likeness (QED) is 0.0441. The van der Waals surface area contributed by atoms with Crippen LogP contribution in [0.3, 0.4) is 0 Å². The third-order valence-corrected chi connectivity index (χ3v) is 14.1. The van der Waals surface area contributed by atoms with E-state index in [0.29, 0.717) is 25.0 Å². The minimum atomic E-state index is -4.36. The van der Waals surface area contributed by atoms with E-state index in [0.717, 1.165) is 55.2 Å². The molecule has 2 unspecified atom stereocenters. The molecular weight excluding hydrogens is 960 g/mol. The molecule has 7 rings (SSSR count). The van der Waals surface area contributed by atoms with Gasteiger partial charge in [-0.05, 0) is 82.1 Å². The van der Waals surface area contributed by atoms with Crippen LogP contribution in [-0.2, 0) is 30.3 Å². The Labute approximate surface area is 420 Å². The van der Waals surface area contributed by atoms with Crippen LogP contribution >= 0.6 is 11.3 Å². The zero-order chi connectivity index (χ0) is 52.3. The molecule has 2 aromatic heterocycles. The van der Waals surface area contributed by atoms with Gasteiger partial charge in [0.05, 0.1) is 54.1 Å². The van der Waals surface area contributed by atoms with Crippen LogP contribution in [0.4, 0.5) is 22.0 Å². The summed E-state index contributed by atoms with van der Waals surface area (Å²) in [5, 5.41) is 16.6. The molecule has 72 heavy (non-hydrogen) atoms. The fourth-order valence-electron chi connectivity index (χ4n) is 9.53. The number of carbonyl (C=O) groups is 3. The van der Waals surface area contributed by atoms with E-state index in [9.17, 15) is 19.5 Å². The van der Waals surface area contributed by atoms with Gasteiger partial charge < -0.3 is 39.8 Å². The van der Waals surface area contributed by atoms with E-state index < -0.39 is 83.4 Å². The van der Waals surface area contributed by atoms with Gasteiger partial charge >= 0.3 is 12.0 Å². The lowest BCUT2D eigenvalue weighted by Gasteiger charge is -2.43. The first-order valence-corrected chi connectivity index (χ1v) is 25.2. The maximum Gasteiger partial charge on any atom is 0.436 e. The third-order valence-electron chi connectivity index (χ3n) is 13.2. The lowest BCUT2D eigenvalue weighted by molar-refractivity contribution is -0.235. The molecule has 13 nitrogen and oxygen atoms in total. The number of unbranched alkanes of at least 4 members (excludes halogenated alkanes) is 1. The number of aromatic nitrogens is 2. The van der Waals surface area contributed by atoms with E-state index >= 15 is 22.0 Å². The number of para-hydroxylation sites is 1. The lowest BCUT2D eigenvalue weighted by atomic mass is 9.85. The van der Waals surface area contributed by atoms with Crippen molar-refractivity contribution < 1.29 is 55.7 Å². The molecule has 0 bridgehead atoms. The second-order valence-electron chi connectivity index (χ2n) is 20.5. The number of aromatic amines is 1. The van der Waals surface area contributed by atoms with Gasteiger partial charge in [0, 0.05) is 66.5 Å². The molecular formula is C53H65F5N6O7S. The molecule has 1 saturated heterocycles. The molecule has 6 atom stereocenters. The Morgan fingerprint density at radius 1 is 0.944 bits per heavy atom. The van der Waals surface area contributed by atoms with Crippen LogP contribution in [0.2, 0.25) is 0 Å². The number of alkyl halides is 3. The second-order valence-corrected chi connectivity index (χ2v) is 21.4. The predicted molar refractivity (Wildman–Crippen MR) is 264 cm³/mol. The van der Waals surface area contributed by atoms with Crippen LogP contribution in [0.1, 0.15) is 108 Å².